The van der Waals surface area contributed by atoms with Crippen molar-refractivity contribution in [2.24, 2.45) is 0 Å². The van der Waals surface area contributed by atoms with Crippen molar-refractivity contribution in [3.05, 3.63) is 47.3 Å². The van der Waals surface area contributed by atoms with Gasteiger partial charge >= 0.3 is 5.97 Å². The minimum Gasteiger partial charge on any atom is -0.481 e. The predicted octanol–water partition coefficient (Wildman–Crippen LogP) is 2.56. The molecular weight excluding hydrogens is 286 g/mol. The second-order valence-electron chi connectivity index (χ2n) is 5.28. The van der Waals surface area contributed by atoms with E-state index in [1.54, 1.807) is 13.2 Å². The van der Waals surface area contributed by atoms with Gasteiger partial charge in [0.1, 0.15) is 17.9 Å². The van der Waals surface area contributed by atoms with E-state index in [0.29, 0.717) is 11.1 Å². The number of aryl methyl sites for hydroxylation is 2. The van der Waals surface area contributed by atoms with Crippen molar-refractivity contribution in [1.82, 2.24) is 5.32 Å². The Kier molecular flexibility index (Phi) is 5.04. The average Bonchev–Trinajstić information content (AvgIpc) is 3.06. The number of hydrogen-bond acceptors (Lipinski definition) is 4. The third kappa shape index (κ3) is 4.00. The fraction of sp³-hybridized carbons (Fsp3) is 0.375. The van der Waals surface area contributed by atoms with Gasteiger partial charge in [-0.1, -0.05) is 0 Å². The fourth-order valence-electron chi connectivity index (χ4n) is 2.25. The number of rotatable bonds is 7. The summed E-state index contributed by atoms with van der Waals surface area (Å²) in [6.07, 6.45) is 4.16. The maximum atomic E-state index is 12.3. The lowest BCUT2D eigenvalue weighted by Gasteiger charge is -2.13. The third-order valence-corrected chi connectivity index (χ3v) is 3.37. The summed E-state index contributed by atoms with van der Waals surface area (Å²) in [5.74, 6) is -0.295. The molecule has 1 atom stereocenters. The molecule has 1 unspecified atom stereocenters. The average molecular weight is 305 g/mol. The molecule has 0 saturated carbocycles. The summed E-state index contributed by atoms with van der Waals surface area (Å²) in [5.41, 5.74) is 0.944. The van der Waals surface area contributed by atoms with Crippen LogP contribution in [0.1, 0.15) is 40.8 Å². The van der Waals surface area contributed by atoms with Crippen LogP contribution in [-0.2, 0) is 17.6 Å². The molecule has 0 bridgehead atoms. The van der Waals surface area contributed by atoms with Gasteiger partial charge < -0.3 is 19.3 Å². The van der Waals surface area contributed by atoms with E-state index in [1.165, 1.54) is 6.26 Å². The van der Waals surface area contributed by atoms with E-state index in [4.69, 9.17) is 13.9 Å². The molecule has 0 aliphatic heterocycles. The first-order valence-electron chi connectivity index (χ1n) is 7.09. The molecule has 2 rings (SSSR count). The van der Waals surface area contributed by atoms with Crippen LogP contribution in [0.2, 0.25) is 0 Å². The highest BCUT2D eigenvalue weighted by Gasteiger charge is 2.21. The van der Waals surface area contributed by atoms with Crippen molar-refractivity contribution < 1.29 is 23.5 Å². The molecular formula is C16H19NO5. The van der Waals surface area contributed by atoms with Crippen molar-refractivity contribution in [1.29, 1.82) is 0 Å². The summed E-state index contributed by atoms with van der Waals surface area (Å²) in [6.45, 7) is 3.62. The SMILES string of the molecule is Cc1coc(CC(=O)O)c1C(=O)NC(C)CCc1ccco1. The Balaban J connectivity index is 1.96. The van der Waals surface area contributed by atoms with Gasteiger partial charge in [0.2, 0.25) is 0 Å². The Bertz CT molecular complexity index is 642. The predicted molar refractivity (Wildman–Crippen MR) is 78.7 cm³/mol. The van der Waals surface area contributed by atoms with Gasteiger partial charge in [0.25, 0.3) is 5.91 Å². The molecule has 0 spiro atoms. The molecule has 22 heavy (non-hydrogen) atoms. The highest BCUT2D eigenvalue weighted by Crippen LogP contribution is 2.18. The number of furan rings is 2. The van der Waals surface area contributed by atoms with Crippen molar-refractivity contribution in [3.63, 3.8) is 0 Å². The second kappa shape index (κ2) is 6.98. The molecule has 2 heterocycles. The summed E-state index contributed by atoms with van der Waals surface area (Å²) in [7, 11) is 0. The molecule has 1 amide bonds. The summed E-state index contributed by atoms with van der Waals surface area (Å²) in [5, 5.41) is 11.7. The van der Waals surface area contributed by atoms with Crippen LogP contribution in [0.5, 0.6) is 0 Å². The Morgan fingerprint density at radius 2 is 2.14 bits per heavy atom. The van der Waals surface area contributed by atoms with Crippen LogP contribution < -0.4 is 5.32 Å². The van der Waals surface area contributed by atoms with Crippen LogP contribution in [0.15, 0.2) is 33.5 Å². The minimum absolute atomic E-state index is 0.0652. The Hall–Kier alpha value is -2.50. The zero-order valence-corrected chi connectivity index (χ0v) is 12.6. The molecule has 2 aromatic rings. The van der Waals surface area contributed by atoms with Crippen LogP contribution in [0.4, 0.5) is 0 Å². The van der Waals surface area contributed by atoms with Crippen LogP contribution in [0, 0.1) is 6.92 Å². The zero-order valence-electron chi connectivity index (χ0n) is 12.6. The summed E-state index contributed by atoms with van der Waals surface area (Å²) in [4.78, 5) is 23.1. The number of carbonyl (C=O) groups excluding carboxylic acids is 1. The van der Waals surface area contributed by atoms with E-state index in [1.807, 2.05) is 19.1 Å². The maximum absolute atomic E-state index is 12.3. The van der Waals surface area contributed by atoms with E-state index < -0.39 is 5.97 Å². The number of nitrogens with one attached hydrogen (secondary N) is 1. The molecule has 0 radical (unpaired) electrons. The number of hydrogen-bond donors (Lipinski definition) is 2. The van der Waals surface area contributed by atoms with E-state index in [9.17, 15) is 9.59 Å². The fourth-order valence-corrected chi connectivity index (χ4v) is 2.25. The molecule has 118 valence electrons. The van der Waals surface area contributed by atoms with Crippen molar-refractivity contribution >= 4 is 11.9 Å². The lowest BCUT2D eigenvalue weighted by atomic mass is 10.1. The van der Waals surface area contributed by atoms with Gasteiger partial charge in [-0.25, -0.2) is 0 Å². The van der Waals surface area contributed by atoms with Gasteiger partial charge in [-0.15, -0.1) is 0 Å². The largest absolute Gasteiger partial charge is 0.481 e. The smallest absolute Gasteiger partial charge is 0.311 e. The number of carboxylic acids is 1. The highest BCUT2D eigenvalue weighted by molar-refractivity contribution is 5.97. The molecule has 0 aliphatic rings. The van der Waals surface area contributed by atoms with Gasteiger partial charge in [-0.3, -0.25) is 9.59 Å². The minimum atomic E-state index is -1.03. The van der Waals surface area contributed by atoms with Gasteiger partial charge in [-0.05, 0) is 32.4 Å². The van der Waals surface area contributed by atoms with Crippen LogP contribution in [-0.4, -0.2) is 23.0 Å². The molecule has 6 heteroatoms. The van der Waals surface area contributed by atoms with Gasteiger partial charge in [0.15, 0.2) is 0 Å². The summed E-state index contributed by atoms with van der Waals surface area (Å²) in [6, 6.07) is 3.65. The van der Waals surface area contributed by atoms with Crippen molar-refractivity contribution in [3.8, 4) is 0 Å². The van der Waals surface area contributed by atoms with Crippen molar-refractivity contribution in [2.45, 2.75) is 39.2 Å². The second-order valence-corrected chi connectivity index (χ2v) is 5.28. The van der Waals surface area contributed by atoms with Gasteiger partial charge in [-0.2, -0.15) is 0 Å². The number of amides is 1. The van der Waals surface area contributed by atoms with Crippen LogP contribution in [0.25, 0.3) is 0 Å². The molecule has 0 aliphatic carbocycles. The number of carboxylic acid groups (broad SMARTS) is 1. The monoisotopic (exact) mass is 305 g/mol. The van der Waals surface area contributed by atoms with E-state index in [-0.39, 0.29) is 24.1 Å². The molecule has 6 nitrogen and oxygen atoms in total. The van der Waals surface area contributed by atoms with Crippen LogP contribution >= 0.6 is 0 Å². The first kappa shape index (κ1) is 15.9. The summed E-state index contributed by atoms with van der Waals surface area (Å²) >= 11 is 0. The Labute approximate surface area is 128 Å². The number of aliphatic carboxylic acids is 1. The Morgan fingerprint density at radius 3 is 2.77 bits per heavy atom. The van der Waals surface area contributed by atoms with E-state index >= 15 is 0 Å². The molecule has 0 aromatic carbocycles. The number of carbonyl (C=O) groups is 2. The topological polar surface area (TPSA) is 92.7 Å². The normalized spacial score (nSPS) is 12.1. The highest BCUT2D eigenvalue weighted by atomic mass is 16.4. The Morgan fingerprint density at radius 1 is 1.36 bits per heavy atom. The quantitative estimate of drug-likeness (QED) is 0.820. The molecule has 0 fully saturated rings. The van der Waals surface area contributed by atoms with Crippen LogP contribution in [0.3, 0.4) is 0 Å². The molecule has 0 saturated heterocycles. The standard InChI is InChI=1S/C16H19NO5/c1-10-9-22-13(8-14(18)19)15(10)16(20)17-11(2)5-6-12-4-3-7-21-12/h3-4,7,9,11H,5-6,8H2,1-2H3,(H,17,20)(H,18,19). The third-order valence-electron chi connectivity index (χ3n) is 3.37. The van der Waals surface area contributed by atoms with E-state index in [0.717, 1.165) is 18.6 Å². The first-order chi connectivity index (χ1) is 10.5. The first-order valence-corrected chi connectivity index (χ1v) is 7.09. The maximum Gasteiger partial charge on any atom is 0.311 e. The molecule has 2 N–H and O–H groups in total. The van der Waals surface area contributed by atoms with Gasteiger partial charge in [0, 0.05) is 18.0 Å². The zero-order chi connectivity index (χ0) is 16.1. The lowest BCUT2D eigenvalue weighted by Crippen LogP contribution is -2.33. The van der Waals surface area contributed by atoms with E-state index in [2.05, 4.69) is 5.32 Å². The lowest BCUT2D eigenvalue weighted by molar-refractivity contribution is -0.136. The van der Waals surface area contributed by atoms with Gasteiger partial charge in [0.05, 0.1) is 18.1 Å². The van der Waals surface area contributed by atoms with Crippen molar-refractivity contribution in [2.75, 3.05) is 0 Å². The summed E-state index contributed by atoms with van der Waals surface area (Å²) < 4.78 is 10.4. The molecule has 2 aromatic heterocycles.